The zero-order valence-corrected chi connectivity index (χ0v) is 18.4. The lowest BCUT2D eigenvalue weighted by molar-refractivity contribution is -0.133. The minimum absolute atomic E-state index is 0.000183. The highest BCUT2D eigenvalue weighted by Crippen LogP contribution is 2.38. The number of anilines is 3. The van der Waals surface area contributed by atoms with Crippen molar-refractivity contribution in [3.8, 4) is 5.75 Å². The third kappa shape index (κ3) is 4.59. The van der Waals surface area contributed by atoms with E-state index in [1.807, 2.05) is 0 Å². The van der Waals surface area contributed by atoms with Crippen molar-refractivity contribution >= 4 is 34.8 Å². The van der Waals surface area contributed by atoms with Gasteiger partial charge >= 0.3 is 0 Å². The largest absolute Gasteiger partial charge is 0.476 e. The molecule has 0 radical (unpaired) electrons. The van der Waals surface area contributed by atoms with Gasteiger partial charge in [-0.05, 0) is 56.3 Å². The number of rotatable bonds is 5. The molecule has 0 spiro atoms. The first-order chi connectivity index (χ1) is 16.2. The van der Waals surface area contributed by atoms with Crippen LogP contribution in [0.15, 0.2) is 66.7 Å². The summed E-state index contributed by atoms with van der Waals surface area (Å²) in [6.45, 7) is 2.67. The van der Waals surface area contributed by atoms with Crippen LogP contribution in [0.5, 0.6) is 5.75 Å². The van der Waals surface area contributed by atoms with Crippen LogP contribution < -0.4 is 20.3 Å². The standard InChI is InChI=1S/C25H21F2N3O4/c1-25(2)24(33)30(14-22(31)28-18-9-5-3-7-16(18)26)20-13-15(11-12-21(20)34-25)23(32)29-19-10-6-4-8-17(19)27/h3-13H,14H2,1-2H3,(H,28,31)(H,29,32). The van der Waals surface area contributed by atoms with Crippen LogP contribution in [-0.2, 0) is 9.59 Å². The number of hydrogen-bond donors (Lipinski definition) is 2. The van der Waals surface area contributed by atoms with E-state index in [2.05, 4.69) is 10.6 Å². The molecule has 34 heavy (non-hydrogen) atoms. The number of halogens is 2. The number of amides is 3. The minimum Gasteiger partial charge on any atom is -0.476 e. The number of carbonyl (C=O) groups is 3. The number of para-hydroxylation sites is 2. The van der Waals surface area contributed by atoms with E-state index in [1.165, 1.54) is 59.5 Å². The maximum atomic E-state index is 13.9. The molecule has 0 bridgehead atoms. The van der Waals surface area contributed by atoms with Crippen molar-refractivity contribution in [1.82, 2.24) is 0 Å². The van der Waals surface area contributed by atoms with Gasteiger partial charge in [-0.1, -0.05) is 24.3 Å². The lowest BCUT2D eigenvalue weighted by Crippen LogP contribution is -2.54. The van der Waals surface area contributed by atoms with E-state index in [9.17, 15) is 23.2 Å². The Hall–Kier alpha value is -4.27. The Bertz CT molecular complexity index is 1290. The SMILES string of the molecule is CC1(C)Oc2ccc(C(=O)Nc3ccccc3F)cc2N(CC(=O)Nc2ccccc2F)C1=O. The van der Waals surface area contributed by atoms with Gasteiger partial charge in [0.1, 0.15) is 23.9 Å². The van der Waals surface area contributed by atoms with Crippen molar-refractivity contribution < 1.29 is 27.9 Å². The fourth-order valence-corrected chi connectivity index (χ4v) is 3.52. The number of fused-ring (bicyclic) bond motifs is 1. The summed E-state index contributed by atoms with van der Waals surface area (Å²) in [4.78, 5) is 39.6. The second-order valence-electron chi connectivity index (χ2n) is 8.15. The van der Waals surface area contributed by atoms with Gasteiger partial charge in [0.25, 0.3) is 11.8 Å². The molecule has 9 heteroatoms. The molecule has 0 saturated carbocycles. The first-order valence-corrected chi connectivity index (χ1v) is 10.4. The highest BCUT2D eigenvalue weighted by atomic mass is 19.1. The molecule has 0 aliphatic carbocycles. The summed E-state index contributed by atoms with van der Waals surface area (Å²) >= 11 is 0. The Labute approximate surface area is 194 Å². The minimum atomic E-state index is -1.28. The fourth-order valence-electron chi connectivity index (χ4n) is 3.52. The Morgan fingerprint density at radius 2 is 1.50 bits per heavy atom. The lowest BCUT2D eigenvalue weighted by atomic mass is 10.0. The van der Waals surface area contributed by atoms with Crippen molar-refractivity contribution in [2.24, 2.45) is 0 Å². The Morgan fingerprint density at radius 3 is 2.12 bits per heavy atom. The topological polar surface area (TPSA) is 87.7 Å². The average molecular weight is 465 g/mol. The second kappa shape index (κ2) is 8.93. The maximum absolute atomic E-state index is 13.9. The van der Waals surface area contributed by atoms with E-state index in [1.54, 1.807) is 26.0 Å². The predicted molar refractivity (Wildman–Crippen MR) is 123 cm³/mol. The van der Waals surface area contributed by atoms with E-state index < -0.39 is 41.5 Å². The third-order valence-corrected chi connectivity index (χ3v) is 5.21. The third-order valence-electron chi connectivity index (χ3n) is 5.21. The Morgan fingerprint density at radius 1 is 0.912 bits per heavy atom. The molecular formula is C25H21F2N3O4. The molecule has 4 rings (SSSR count). The van der Waals surface area contributed by atoms with Crippen molar-refractivity contribution in [3.05, 3.63) is 83.9 Å². The van der Waals surface area contributed by atoms with Crippen molar-refractivity contribution in [2.75, 3.05) is 22.1 Å². The summed E-state index contributed by atoms with van der Waals surface area (Å²) in [7, 11) is 0. The summed E-state index contributed by atoms with van der Waals surface area (Å²) in [6.07, 6.45) is 0. The van der Waals surface area contributed by atoms with Gasteiger partial charge in [0.2, 0.25) is 5.91 Å². The van der Waals surface area contributed by atoms with Gasteiger partial charge < -0.3 is 15.4 Å². The van der Waals surface area contributed by atoms with E-state index >= 15 is 0 Å². The summed E-state index contributed by atoms with van der Waals surface area (Å²) in [5.74, 6) is -2.69. The summed E-state index contributed by atoms with van der Waals surface area (Å²) in [5.41, 5.74) is -0.986. The van der Waals surface area contributed by atoms with Crippen LogP contribution >= 0.6 is 0 Å². The fraction of sp³-hybridized carbons (Fsp3) is 0.160. The van der Waals surface area contributed by atoms with Crippen LogP contribution in [0.4, 0.5) is 25.8 Å². The average Bonchev–Trinajstić information content (AvgIpc) is 2.79. The highest BCUT2D eigenvalue weighted by molar-refractivity contribution is 6.10. The number of nitrogens with zero attached hydrogens (tertiary/aromatic N) is 1. The van der Waals surface area contributed by atoms with Gasteiger partial charge in [0, 0.05) is 5.56 Å². The van der Waals surface area contributed by atoms with Crippen LogP contribution in [0.1, 0.15) is 24.2 Å². The molecule has 174 valence electrons. The van der Waals surface area contributed by atoms with Gasteiger partial charge in [-0.15, -0.1) is 0 Å². The Kier molecular flexibility index (Phi) is 6.02. The highest BCUT2D eigenvalue weighted by Gasteiger charge is 2.42. The van der Waals surface area contributed by atoms with Gasteiger partial charge in [0.05, 0.1) is 17.1 Å². The normalized spacial score (nSPS) is 14.1. The number of ether oxygens (including phenoxy) is 1. The van der Waals surface area contributed by atoms with E-state index in [0.29, 0.717) is 0 Å². The summed E-state index contributed by atoms with van der Waals surface area (Å²) < 4.78 is 33.6. The van der Waals surface area contributed by atoms with E-state index in [0.717, 1.165) is 0 Å². The molecule has 3 amide bonds. The van der Waals surface area contributed by atoms with Gasteiger partial charge in [-0.3, -0.25) is 19.3 Å². The van der Waals surface area contributed by atoms with E-state index in [-0.39, 0.29) is 28.4 Å². The monoisotopic (exact) mass is 465 g/mol. The first kappa shape index (κ1) is 22.9. The molecule has 7 nitrogen and oxygen atoms in total. The molecular weight excluding hydrogens is 444 g/mol. The van der Waals surface area contributed by atoms with Gasteiger partial charge in [-0.25, -0.2) is 8.78 Å². The molecule has 0 fully saturated rings. The molecule has 1 aliphatic rings. The van der Waals surface area contributed by atoms with Gasteiger partial charge in [0.15, 0.2) is 5.60 Å². The number of carbonyl (C=O) groups excluding carboxylic acids is 3. The lowest BCUT2D eigenvalue weighted by Gasteiger charge is -2.38. The molecule has 0 unspecified atom stereocenters. The van der Waals surface area contributed by atoms with Crippen molar-refractivity contribution in [1.29, 1.82) is 0 Å². The van der Waals surface area contributed by atoms with Crippen molar-refractivity contribution in [2.45, 2.75) is 19.4 Å². The summed E-state index contributed by atoms with van der Waals surface area (Å²) in [5, 5.41) is 4.92. The first-order valence-electron chi connectivity index (χ1n) is 10.4. The quantitative estimate of drug-likeness (QED) is 0.586. The smallest absolute Gasteiger partial charge is 0.271 e. The molecule has 1 aliphatic heterocycles. The van der Waals surface area contributed by atoms with Crippen LogP contribution in [0.2, 0.25) is 0 Å². The molecule has 2 N–H and O–H groups in total. The van der Waals surface area contributed by atoms with Gasteiger partial charge in [-0.2, -0.15) is 0 Å². The molecule has 1 heterocycles. The van der Waals surface area contributed by atoms with Crippen LogP contribution in [0.25, 0.3) is 0 Å². The number of benzene rings is 3. The maximum Gasteiger partial charge on any atom is 0.271 e. The molecule has 0 saturated heterocycles. The van der Waals surface area contributed by atoms with Crippen LogP contribution in [0, 0.1) is 11.6 Å². The van der Waals surface area contributed by atoms with E-state index in [4.69, 9.17) is 4.74 Å². The molecule has 0 atom stereocenters. The summed E-state index contributed by atoms with van der Waals surface area (Å²) in [6, 6.07) is 15.7. The Balaban J connectivity index is 1.62. The molecule has 3 aromatic rings. The number of hydrogen-bond acceptors (Lipinski definition) is 4. The zero-order valence-electron chi connectivity index (χ0n) is 18.4. The molecule has 3 aromatic carbocycles. The van der Waals surface area contributed by atoms with Crippen molar-refractivity contribution in [3.63, 3.8) is 0 Å². The van der Waals surface area contributed by atoms with Crippen LogP contribution in [-0.4, -0.2) is 29.9 Å². The zero-order chi connectivity index (χ0) is 24.5. The van der Waals surface area contributed by atoms with Crippen LogP contribution in [0.3, 0.4) is 0 Å². The molecule has 0 aromatic heterocycles. The second-order valence-corrected chi connectivity index (χ2v) is 8.15. The predicted octanol–water partition coefficient (Wildman–Crippen LogP) is 4.36. The number of nitrogens with one attached hydrogen (secondary N) is 2.